The number of thiazole rings is 1. The van der Waals surface area contributed by atoms with E-state index in [4.69, 9.17) is 9.47 Å². The number of esters is 1. The van der Waals surface area contributed by atoms with E-state index < -0.39 is 35.6 Å². The van der Waals surface area contributed by atoms with Crippen LogP contribution in [0.5, 0.6) is 5.19 Å². The van der Waals surface area contributed by atoms with Gasteiger partial charge >= 0.3 is 5.97 Å². The molecule has 0 bridgehead atoms. The molecular weight excluding hydrogens is 466 g/mol. The number of hydrogen-bond donors (Lipinski definition) is 2. The molecular formula is C27H39NO6S. The van der Waals surface area contributed by atoms with Crippen molar-refractivity contribution in [2.24, 2.45) is 17.3 Å². The summed E-state index contributed by atoms with van der Waals surface area (Å²) in [5, 5.41) is 24.0. The summed E-state index contributed by atoms with van der Waals surface area (Å²) in [7, 11) is 1.56. The number of nitrogens with zero attached hydrogens (tertiary/aromatic N) is 1. The molecule has 2 N–H and O–H groups in total. The third kappa shape index (κ3) is 7.85. The smallest absolute Gasteiger partial charge is 0.309 e. The first-order chi connectivity index (χ1) is 16.4. The van der Waals surface area contributed by atoms with Crippen LogP contribution in [0.1, 0.15) is 66.5 Å². The first-order valence-electron chi connectivity index (χ1n) is 12.0. The second kappa shape index (κ2) is 12.6. The van der Waals surface area contributed by atoms with E-state index in [0.29, 0.717) is 23.7 Å². The summed E-state index contributed by atoms with van der Waals surface area (Å²) < 4.78 is 10.9. The molecule has 1 aliphatic rings. The second-order valence-corrected chi connectivity index (χ2v) is 10.8. The highest BCUT2D eigenvalue weighted by Crippen LogP contribution is 2.32. The summed E-state index contributed by atoms with van der Waals surface area (Å²) in [5.41, 5.74) is 1.38. The summed E-state index contributed by atoms with van der Waals surface area (Å²) in [6.45, 7) is 10.6. The summed E-state index contributed by atoms with van der Waals surface area (Å²) in [6.07, 6.45) is 5.90. The van der Waals surface area contributed by atoms with Crippen molar-refractivity contribution in [1.29, 1.82) is 0 Å². The molecule has 0 radical (unpaired) electrons. The van der Waals surface area contributed by atoms with Gasteiger partial charge in [-0.15, -0.1) is 0 Å². The fourth-order valence-electron chi connectivity index (χ4n) is 4.04. The van der Waals surface area contributed by atoms with Gasteiger partial charge < -0.3 is 19.7 Å². The number of methoxy groups -OCH3 is 1. The Labute approximate surface area is 212 Å². The Morgan fingerprint density at radius 2 is 1.97 bits per heavy atom. The molecule has 5 atom stereocenters. The first-order valence-corrected chi connectivity index (χ1v) is 12.8. The number of cyclic esters (lactones) is 1. The lowest BCUT2D eigenvalue weighted by molar-refractivity contribution is -0.154. The Morgan fingerprint density at radius 1 is 1.29 bits per heavy atom. The third-order valence-electron chi connectivity index (χ3n) is 6.69. The molecule has 0 spiro atoms. The van der Waals surface area contributed by atoms with Gasteiger partial charge in [-0.25, -0.2) is 4.98 Å². The highest BCUT2D eigenvalue weighted by atomic mass is 32.1. The topological polar surface area (TPSA) is 106 Å². The molecule has 0 aromatic carbocycles. The van der Waals surface area contributed by atoms with E-state index in [-0.39, 0.29) is 18.1 Å². The fraction of sp³-hybridized carbons (Fsp3) is 0.593. The first kappa shape index (κ1) is 28.9. The van der Waals surface area contributed by atoms with Crippen LogP contribution in [-0.4, -0.2) is 52.4 Å². The maximum atomic E-state index is 13.2. The van der Waals surface area contributed by atoms with E-state index in [1.165, 1.54) is 11.3 Å². The minimum atomic E-state index is -1.25. The zero-order valence-electron chi connectivity index (χ0n) is 21.8. The molecule has 0 saturated carbocycles. The van der Waals surface area contributed by atoms with Crippen molar-refractivity contribution < 1.29 is 29.3 Å². The van der Waals surface area contributed by atoms with Crippen LogP contribution in [0.3, 0.4) is 0 Å². The summed E-state index contributed by atoms with van der Waals surface area (Å²) >= 11 is 1.38. The van der Waals surface area contributed by atoms with Crippen molar-refractivity contribution >= 4 is 29.2 Å². The summed E-state index contributed by atoms with van der Waals surface area (Å²) in [5.74, 6) is -1.82. The van der Waals surface area contributed by atoms with Crippen molar-refractivity contribution in [3.63, 3.8) is 0 Å². The average molecular weight is 506 g/mol. The molecule has 35 heavy (non-hydrogen) atoms. The second-order valence-electron chi connectivity index (χ2n) is 9.97. The highest BCUT2D eigenvalue weighted by Gasteiger charge is 2.42. The molecule has 0 aliphatic carbocycles. The zero-order valence-corrected chi connectivity index (χ0v) is 22.6. The molecule has 0 unspecified atom stereocenters. The molecule has 0 fully saturated rings. The normalized spacial score (nSPS) is 31.9. The van der Waals surface area contributed by atoms with Gasteiger partial charge in [-0.3, -0.25) is 9.59 Å². The number of hydrogen-bond acceptors (Lipinski definition) is 8. The van der Waals surface area contributed by atoms with Crippen LogP contribution >= 0.6 is 11.3 Å². The number of ketones is 1. The molecule has 8 heteroatoms. The predicted octanol–water partition coefficient (Wildman–Crippen LogP) is 4.74. The number of aliphatic hydroxyl groups excluding tert-OH is 2. The van der Waals surface area contributed by atoms with Crippen molar-refractivity contribution in [3.05, 3.63) is 40.4 Å². The lowest BCUT2D eigenvalue weighted by Gasteiger charge is -2.34. The lowest BCUT2D eigenvalue weighted by atomic mass is 9.73. The number of rotatable bonds is 3. The van der Waals surface area contributed by atoms with Crippen LogP contribution in [0, 0.1) is 17.3 Å². The largest absolute Gasteiger partial charge is 0.473 e. The zero-order chi connectivity index (χ0) is 26.3. The molecule has 1 aromatic rings. The van der Waals surface area contributed by atoms with Gasteiger partial charge in [0.2, 0.25) is 0 Å². The Balaban J connectivity index is 2.37. The quantitative estimate of drug-likeness (QED) is 0.451. The van der Waals surface area contributed by atoms with Gasteiger partial charge in [-0.2, -0.15) is 0 Å². The van der Waals surface area contributed by atoms with E-state index in [9.17, 15) is 19.8 Å². The van der Waals surface area contributed by atoms with Crippen LogP contribution in [0.2, 0.25) is 0 Å². The molecule has 0 amide bonds. The van der Waals surface area contributed by atoms with Crippen molar-refractivity contribution in [1.82, 2.24) is 4.98 Å². The van der Waals surface area contributed by atoms with Gasteiger partial charge in [0.25, 0.3) is 5.19 Å². The maximum Gasteiger partial charge on any atom is 0.309 e. The van der Waals surface area contributed by atoms with Crippen molar-refractivity contribution in [3.8, 4) is 5.19 Å². The predicted molar refractivity (Wildman–Crippen MR) is 138 cm³/mol. The Hall–Kier alpha value is -2.29. The van der Waals surface area contributed by atoms with Crippen molar-refractivity contribution in [2.45, 2.75) is 79.1 Å². The van der Waals surface area contributed by atoms with Gasteiger partial charge in [0.05, 0.1) is 36.8 Å². The molecule has 0 saturated heterocycles. The van der Waals surface area contributed by atoms with Gasteiger partial charge in [-0.05, 0) is 31.9 Å². The van der Waals surface area contributed by atoms with Crippen molar-refractivity contribution in [2.75, 3.05) is 7.11 Å². The van der Waals surface area contributed by atoms with Crippen LogP contribution < -0.4 is 4.74 Å². The number of aromatic nitrogens is 1. The molecule has 2 heterocycles. The van der Waals surface area contributed by atoms with Gasteiger partial charge in [0.1, 0.15) is 11.9 Å². The van der Waals surface area contributed by atoms with E-state index >= 15 is 0 Å². The number of ether oxygens (including phenoxy) is 2. The fourth-order valence-corrected chi connectivity index (χ4v) is 4.63. The van der Waals surface area contributed by atoms with E-state index in [1.807, 2.05) is 50.5 Å². The molecule has 7 nitrogen and oxygen atoms in total. The van der Waals surface area contributed by atoms with Crippen LogP contribution in [0.25, 0.3) is 6.08 Å². The standard InChI is InChI=1S/C27H39NO6S/c1-16-9-8-10-17(2)24(31)19(4)25(32)27(5,6)22(29)14-23(30)34-21(12-11-16)18(3)13-20-15-35-26(28-20)33-7/h8,10-11,13,15,17,19,21-22,24,29,31H,9,12,14H2,1-7H3/b10-8+,16-11-,18-13+/t17-,19+,21-,22-,24-/m0/s1. The van der Waals surface area contributed by atoms with Gasteiger partial charge in [0.15, 0.2) is 0 Å². The molecule has 1 aliphatic heterocycles. The highest BCUT2D eigenvalue weighted by molar-refractivity contribution is 7.11. The lowest BCUT2D eigenvalue weighted by Crippen LogP contribution is -2.45. The number of carbonyl (C=O) groups excluding carboxylic acids is 2. The molecule has 1 aromatic heterocycles. The van der Waals surface area contributed by atoms with E-state index in [1.54, 1.807) is 27.9 Å². The van der Waals surface area contributed by atoms with Crippen LogP contribution in [-0.2, 0) is 14.3 Å². The number of carbonyl (C=O) groups is 2. The third-order valence-corrected chi connectivity index (χ3v) is 7.50. The van der Waals surface area contributed by atoms with Crippen LogP contribution in [0.15, 0.2) is 34.8 Å². The van der Waals surface area contributed by atoms with Gasteiger partial charge in [-0.1, -0.05) is 62.8 Å². The van der Waals surface area contributed by atoms with Crippen LogP contribution in [0.4, 0.5) is 0 Å². The average Bonchev–Trinajstić information content (AvgIpc) is 3.26. The Morgan fingerprint density at radius 3 is 2.60 bits per heavy atom. The van der Waals surface area contributed by atoms with Gasteiger partial charge in [0, 0.05) is 23.6 Å². The Bertz CT molecular complexity index is 976. The summed E-state index contributed by atoms with van der Waals surface area (Å²) in [4.78, 5) is 30.4. The SMILES string of the molecule is COc1nc(/C=C(\C)[C@@H]2C/C=C(/C)C/C=C/[C@H](C)[C@H](O)[C@@H](C)C(=O)C(C)(C)[C@@H](O)CC(=O)O2)cs1. The maximum absolute atomic E-state index is 13.2. The van der Waals surface area contributed by atoms with E-state index in [0.717, 1.165) is 11.1 Å². The molecule has 194 valence electrons. The number of aliphatic hydroxyl groups is 2. The molecule has 2 rings (SSSR count). The van der Waals surface area contributed by atoms with E-state index in [2.05, 4.69) is 4.98 Å². The number of Topliss-reactive ketones (excluding diaryl/α,β-unsaturated/α-hetero) is 1. The summed E-state index contributed by atoms with van der Waals surface area (Å²) in [6, 6.07) is 0. The minimum absolute atomic E-state index is 0.236. The monoisotopic (exact) mass is 505 g/mol. The number of allylic oxidation sites excluding steroid dienone is 2. The minimum Gasteiger partial charge on any atom is -0.473 e. The Kier molecular flexibility index (Phi) is 10.4.